The summed E-state index contributed by atoms with van der Waals surface area (Å²) >= 11 is 1.38. The monoisotopic (exact) mass is 683 g/mol. The smallest absolute Gasteiger partial charge is 0.258 e. The number of sulfone groups is 1. The molecule has 0 aliphatic carbocycles. The van der Waals surface area contributed by atoms with Crippen LogP contribution in [-0.2, 0) is 19.4 Å². The van der Waals surface area contributed by atoms with Crippen LogP contribution in [0, 0.1) is 5.41 Å². The second-order valence-electron chi connectivity index (χ2n) is 11.9. The molecule has 1 aliphatic heterocycles. The molecule has 0 bridgehead atoms. The third kappa shape index (κ3) is 9.07. The Balaban J connectivity index is 1.65. The minimum Gasteiger partial charge on any atom is -0.483 e. The second-order valence-corrected chi connectivity index (χ2v) is 14.7. The summed E-state index contributed by atoms with van der Waals surface area (Å²) in [5.74, 6) is -0.907. The largest absolute Gasteiger partial charge is 0.483 e. The molecule has 0 aromatic heterocycles. The molecule has 3 aromatic rings. The second kappa shape index (κ2) is 16.5. The molecule has 0 fully saturated rings. The summed E-state index contributed by atoms with van der Waals surface area (Å²) in [6, 6.07) is 20.7. The van der Waals surface area contributed by atoms with E-state index in [1.54, 1.807) is 30.3 Å². The van der Waals surface area contributed by atoms with Gasteiger partial charge in [0, 0.05) is 30.3 Å². The standard InChI is InChI=1S/C35H45N3O7S2/c1-4-6-17-35(5-2)23-38(26-15-11-8-12-16-26)28-18-30(46-3)29(19-31(28)47(43,44)24-35)45-22-32(41)37-33(25-13-9-7-10-14-25)34(42)36-20-27(40)21-39/h7-16,18-19,27,33,39-40H,4-6,17,20-24H2,1-3H3,(H,36,42)(H,37,41). The highest BCUT2D eigenvalue weighted by Gasteiger charge is 2.42. The highest BCUT2D eigenvalue weighted by molar-refractivity contribution is 7.98. The van der Waals surface area contributed by atoms with Gasteiger partial charge >= 0.3 is 0 Å². The predicted molar refractivity (Wildman–Crippen MR) is 185 cm³/mol. The molecule has 3 aromatic carbocycles. The van der Waals surface area contributed by atoms with Crippen LogP contribution >= 0.6 is 11.8 Å². The van der Waals surface area contributed by atoms with Gasteiger partial charge in [-0.05, 0) is 42.9 Å². The number of anilines is 2. The normalized spacial score (nSPS) is 18.4. The van der Waals surface area contributed by atoms with Gasteiger partial charge < -0.3 is 30.5 Å². The molecule has 1 heterocycles. The first-order valence-electron chi connectivity index (χ1n) is 15.9. The van der Waals surface area contributed by atoms with E-state index in [0.29, 0.717) is 29.1 Å². The summed E-state index contributed by atoms with van der Waals surface area (Å²) in [4.78, 5) is 29.1. The molecule has 4 rings (SSSR count). The van der Waals surface area contributed by atoms with Crippen LogP contribution in [0.2, 0.25) is 0 Å². The number of rotatable bonds is 15. The maximum atomic E-state index is 14.2. The van der Waals surface area contributed by atoms with E-state index in [-0.39, 0.29) is 22.9 Å². The van der Waals surface area contributed by atoms with Crippen LogP contribution in [-0.4, -0.2) is 74.9 Å². The van der Waals surface area contributed by atoms with Gasteiger partial charge in [-0.3, -0.25) is 9.59 Å². The van der Waals surface area contributed by atoms with Crippen molar-refractivity contribution in [1.82, 2.24) is 10.6 Å². The van der Waals surface area contributed by atoms with E-state index in [4.69, 9.17) is 9.84 Å². The fourth-order valence-electron chi connectivity index (χ4n) is 5.82. The third-order valence-corrected chi connectivity index (χ3v) is 11.3. The lowest BCUT2D eigenvalue weighted by molar-refractivity contribution is -0.130. The SMILES string of the molecule is CCCCC1(CC)CN(c2ccccc2)c2cc(SC)c(OCC(=O)NC(C(=O)NCC(O)CO)c3ccccc3)cc2S(=O)(=O)C1. The van der Waals surface area contributed by atoms with E-state index >= 15 is 0 Å². The zero-order valence-corrected chi connectivity index (χ0v) is 28.8. The number of hydrogen-bond donors (Lipinski definition) is 4. The van der Waals surface area contributed by atoms with Crippen molar-refractivity contribution in [3.63, 3.8) is 0 Å². The summed E-state index contributed by atoms with van der Waals surface area (Å²) < 4.78 is 34.3. The van der Waals surface area contributed by atoms with Crippen molar-refractivity contribution in [3.05, 3.63) is 78.4 Å². The molecular weight excluding hydrogens is 639 g/mol. The van der Waals surface area contributed by atoms with E-state index in [0.717, 1.165) is 24.9 Å². The summed E-state index contributed by atoms with van der Waals surface area (Å²) in [5, 5.41) is 24.0. The van der Waals surface area contributed by atoms with Crippen LogP contribution in [0.15, 0.2) is 82.6 Å². The Morgan fingerprint density at radius 1 is 1.06 bits per heavy atom. The highest BCUT2D eigenvalue weighted by Crippen LogP contribution is 2.47. The molecule has 0 saturated carbocycles. The maximum absolute atomic E-state index is 14.2. The van der Waals surface area contributed by atoms with E-state index < -0.39 is 52.4 Å². The van der Waals surface area contributed by atoms with Crippen molar-refractivity contribution in [2.45, 2.75) is 61.5 Å². The number of nitrogens with zero attached hydrogens (tertiary/aromatic N) is 1. The number of thioether (sulfide) groups is 1. The number of fused-ring (bicyclic) bond motifs is 1. The summed E-state index contributed by atoms with van der Waals surface area (Å²) in [6.45, 7) is 3.53. The maximum Gasteiger partial charge on any atom is 0.258 e. The van der Waals surface area contributed by atoms with Crippen LogP contribution in [0.3, 0.4) is 0 Å². The van der Waals surface area contributed by atoms with Gasteiger partial charge in [-0.1, -0.05) is 75.2 Å². The van der Waals surface area contributed by atoms with Crippen molar-refractivity contribution in [2.24, 2.45) is 5.41 Å². The van der Waals surface area contributed by atoms with Crippen LogP contribution in [0.1, 0.15) is 51.1 Å². The van der Waals surface area contributed by atoms with Gasteiger partial charge in [0.15, 0.2) is 16.4 Å². The molecule has 2 amide bonds. The molecule has 47 heavy (non-hydrogen) atoms. The zero-order chi connectivity index (χ0) is 34.0. The Morgan fingerprint density at radius 2 is 1.74 bits per heavy atom. The quantitative estimate of drug-likeness (QED) is 0.169. The number of aliphatic hydroxyl groups excluding tert-OH is 2. The summed E-state index contributed by atoms with van der Waals surface area (Å²) in [5.41, 5.74) is 1.54. The Kier molecular flexibility index (Phi) is 12.7. The molecule has 0 saturated heterocycles. The van der Waals surface area contributed by atoms with Gasteiger partial charge in [0.25, 0.3) is 5.91 Å². The minimum absolute atomic E-state index is 0.00419. The van der Waals surface area contributed by atoms with Crippen LogP contribution in [0.25, 0.3) is 0 Å². The molecule has 3 atom stereocenters. The lowest BCUT2D eigenvalue weighted by Crippen LogP contribution is -2.44. The number of amides is 2. The van der Waals surface area contributed by atoms with Gasteiger partial charge in [0.1, 0.15) is 11.8 Å². The summed E-state index contributed by atoms with van der Waals surface area (Å²) in [6.07, 6.45) is 4.10. The average Bonchev–Trinajstić information content (AvgIpc) is 3.19. The van der Waals surface area contributed by atoms with Crippen molar-refractivity contribution >= 4 is 44.8 Å². The van der Waals surface area contributed by atoms with E-state index in [9.17, 15) is 23.1 Å². The number of hydrogen-bond acceptors (Lipinski definition) is 9. The van der Waals surface area contributed by atoms with Gasteiger partial charge in [0.05, 0.1) is 33.9 Å². The van der Waals surface area contributed by atoms with Crippen LogP contribution in [0.5, 0.6) is 5.75 Å². The molecule has 0 radical (unpaired) electrons. The minimum atomic E-state index is -3.76. The molecule has 4 N–H and O–H groups in total. The van der Waals surface area contributed by atoms with E-state index in [1.807, 2.05) is 42.7 Å². The Labute approximate surface area is 281 Å². The van der Waals surface area contributed by atoms with Gasteiger partial charge in [-0.2, -0.15) is 0 Å². The van der Waals surface area contributed by atoms with Gasteiger partial charge in [0.2, 0.25) is 5.91 Å². The number of carbonyl (C=O) groups excluding carboxylic acids is 2. The highest BCUT2D eigenvalue weighted by atomic mass is 32.2. The first-order valence-corrected chi connectivity index (χ1v) is 18.7. The molecule has 12 heteroatoms. The van der Waals surface area contributed by atoms with Gasteiger partial charge in [-0.15, -0.1) is 11.8 Å². The first-order chi connectivity index (χ1) is 22.6. The molecule has 0 spiro atoms. The molecule has 3 unspecified atom stereocenters. The summed E-state index contributed by atoms with van der Waals surface area (Å²) in [7, 11) is -3.76. The number of unbranched alkanes of at least 4 members (excludes halogenated alkanes) is 1. The number of para-hydroxylation sites is 1. The topological polar surface area (TPSA) is 145 Å². The van der Waals surface area contributed by atoms with Gasteiger partial charge in [-0.25, -0.2) is 8.42 Å². The Hall–Kier alpha value is -3.58. The number of benzene rings is 3. The van der Waals surface area contributed by atoms with E-state index in [2.05, 4.69) is 29.4 Å². The van der Waals surface area contributed by atoms with E-state index in [1.165, 1.54) is 17.8 Å². The predicted octanol–water partition coefficient (Wildman–Crippen LogP) is 4.63. The average molecular weight is 684 g/mol. The fourth-order valence-corrected chi connectivity index (χ4v) is 8.54. The zero-order valence-electron chi connectivity index (χ0n) is 27.1. The number of nitrogens with one attached hydrogen (secondary N) is 2. The lowest BCUT2D eigenvalue weighted by Gasteiger charge is -2.36. The lowest BCUT2D eigenvalue weighted by atomic mass is 9.81. The number of aliphatic hydroxyl groups is 2. The molecular formula is C35H45N3O7S2. The Bertz CT molecular complexity index is 1610. The van der Waals surface area contributed by atoms with Crippen LogP contribution < -0.4 is 20.3 Å². The van der Waals surface area contributed by atoms with Crippen molar-refractivity contribution < 1.29 is 33.0 Å². The fraction of sp³-hybridized carbons (Fsp3) is 0.429. The third-order valence-electron chi connectivity index (χ3n) is 8.52. The van der Waals surface area contributed by atoms with Crippen molar-refractivity contribution in [2.75, 3.05) is 43.2 Å². The number of ether oxygens (including phenoxy) is 1. The number of carbonyl (C=O) groups is 2. The Morgan fingerprint density at radius 3 is 2.36 bits per heavy atom. The van der Waals surface area contributed by atoms with Crippen molar-refractivity contribution in [1.29, 1.82) is 0 Å². The van der Waals surface area contributed by atoms with Crippen molar-refractivity contribution in [3.8, 4) is 5.75 Å². The molecule has 1 aliphatic rings. The molecule has 10 nitrogen and oxygen atoms in total. The van der Waals surface area contributed by atoms with Crippen LogP contribution in [0.4, 0.5) is 11.4 Å². The first kappa shape index (κ1) is 36.3. The molecule has 254 valence electrons.